The number of nitrogens with zero attached hydrogens (tertiary/aromatic N) is 2. The molecule has 0 bridgehead atoms. The van der Waals surface area contributed by atoms with Crippen LogP contribution in [-0.4, -0.2) is 10.2 Å². The van der Waals surface area contributed by atoms with Crippen molar-refractivity contribution in [1.82, 2.24) is 10.2 Å². The summed E-state index contributed by atoms with van der Waals surface area (Å²) in [5, 5.41) is 8.74. The summed E-state index contributed by atoms with van der Waals surface area (Å²) in [5.41, 5.74) is 1.81. The quantitative estimate of drug-likeness (QED) is 0.637. The smallest absolute Gasteiger partial charge is 0.254 e. The molecule has 0 N–H and O–H groups in total. The minimum Gasteiger partial charge on any atom is -0.484 e. The zero-order chi connectivity index (χ0) is 15.5. The summed E-state index contributed by atoms with van der Waals surface area (Å²) in [7, 11) is 0. The number of hydrogen-bond donors (Lipinski definition) is 0. The largest absolute Gasteiger partial charge is 0.484 e. The van der Waals surface area contributed by atoms with Crippen LogP contribution in [0.4, 0.5) is 0 Å². The Hall–Kier alpha value is -1.85. The third kappa shape index (κ3) is 3.31. The Morgan fingerprint density at radius 2 is 2.00 bits per heavy atom. The minimum absolute atomic E-state index is 0.208. The number of ether oxygens (including phenoxy) is 1. The number of aromatic nitrogens is 2. The molecule has 1 aromatic heterocycles. The van der Waals surface area contributed by atoms with Crippen LogP contribution in [0, 0.1) is 6.92 Å². The highest BCUT2D eigenvalue weighted by molar-refractivity contribution is 9.10. The van der Waals surface area contributed by atoms with Gasteiger partial charge in [-0.1, -0.05) is 23.7 Å². The van der Waals surface area contributed by atoms with E-state index >= 15 is 0 Å². The zero-order valence-electron chi connectivity index (χ0n) is 11.7. The summed E-state index contributed by atoms with van der Waals surface area (Å²) in [6.07, 6.45) is 0. The minimum atomic E-state index is 0.208. The Morgan fingerprint density at radius 1 is 1.18 bits per heavy atom. The van der Waals surface area contributed by atoms with Crippen molar-refractivity contribution >= 4 is 27.5 Å². The van der Waals surface area contributed by atoms with Crippen LogP contribution < -0.4 is 4.74 Å². The number of benzene rings is 2. The molecule has 2 aromatic carbocycles. The topological polar surface area (TPSA) is 48.2 Å². The van der Waals surface area contributed by atoms with Gasteiger partial charge >= 0.3 is 0 Å². The molecule has 0 atom stereocenters. The average Bonchev–Trinajstić information content (AvgIpc) is 2.95. The van der Waals surface area contributed by atoms with E-state index in [2.05, 4.69) is 26.1 Å². The fraction of sp³-hybridized carbons (Fsp3) is 0.125. The molecule has 0 aliphatic rings. The lowest BCUT2D eigenvalue weighted by molar-refractivity contribution is 0.263. The molecular formula is C16H12BrClN2O2. The lowest BCUT2D eigenvalue weighted by Crippen LogP contribution is -1.97. The molecule has 22 heavy (non-hydrogen) atoms. The first kappa shape index (κ1) is 15.1. The van der Waals surface area contributed by atoms with Crippen LogP contribution >= 0.6 is 27.5 Å². The summed E-state index contributed by atoms with van der Waals surface area (Å²) in [6, 6.07) is 13.1. The van der Waals surface area contributed by atoms with E-state index in [1.54, 1.807) is 6.07 Å². The van der Waals surface area contributed by atoms with Crippen molar-refractivity contribution in [2.45, 2.75) is 13.5 Å². The SMILES string of the molecule is Cc1cc(Cl)ccc1OCc1nnc(-c2ccccc2Br)o1. The third-order valence-corrected chi connectivity index (χ3v) is 3.99. The fourth-order valence-electron chi connectivity index (χ4n) is 1.97. The molecular weight excluding hydrogens is 368 g/mol. The van der Waals surface area contributed by atoms with Crippen molar-refractivity contribution in [2.24, 2.45) is 0 Å². The summed E-state index contributed by atoms with van der Waals surface area (Å²) in [6.45, 7) is 2.14. The number of hydrogen-bond acceptors (Lipinski definition) is 4. The number of aryl methyl sites for hydroxylation is 1. The van der Waals surface area contributed by atoms with Gasteiger partial charge in [0.1, 0.15) is 5.75 Å². The van der Waals surface area contributed by atoms with Gasteiger partial charge in [-0.2, -0.15) is 0 Å². The predicted octanol–water partition coefficient (Wildman–Crippen LogP) is 5.04. The van der Waals surface area contributed by atoms with Crippen LogP contribution in [0.1, 0.15) is 11.5 Å². The molecule has 0 amide bonds. The van der Waals surface area contributed by atoms with E-state index in [-0.39, 0.29) is 6.61 Å². The van der Waals surface area contributed by atoms with E-state index in [1.165, 1.54) is 0 Å². The molecule has 0 saturated heterocycles. The Bertz CT molecular complexity index is 804. The maximum Gasteiger partial charge on any atom is 0.254 e. The van der Waals surface area contributed by atoms with E-state index in [0.717, 1.165) is 21.3 Å². The molecule has 4 nitrogen and oxygen atoms in total. The summed E-state index contributed by atoms with van der Waals surface area (Å²) in [4.78, 5) is 0. The van der Waals surface area contributed by atoms with Gasteiger partial charge in [-0.3, -0.25) is 0 Å². The van der Waals surface area contributed by atoms with Gasteiger partial charge in [0.15, 0.2) is 6.61 Å². The van der Waals surface area contributed by atoms with Crippen LogP contribution in [0.3, 0.4) is 0 Å². The van der Waals surface area contributed by atoms with Gasteiger partial charge in [0.25, 0.3) is 5.89 Å². The van der Waals surface area contributed by atoms with Crippen molar-refractivity contribution < 1.29 is 9.15 Å². The fourth-order valence-corrected chi connectivity index (χ4v) is 2.65. The standard InChI is InChI=1S/C16H12BrClN2O2/c1-10-8-11(18)6-7-14(10)21-9-15-19-20-16(22-15)12-4-2-3-5-13(12)17/h2-8H,9H2,1H3. The molecule has 3 rings (SSSR count). The van der Waals surface area contributed by atoms with Gasteiger partial charge in [-0.05, 0) is 58.7 Å². The Balaban J connectivity index is 1.74. The maximum atomic E-state index is 5.92. The van der Waals surface area contributed by atoms with Gasteiger partial charge < -0.3 is 9.15 Å². The van der Waals surface area contributed by atoms with Gasteiger partial charge in [0, 0.05) is 9.50 Å². The highest BCUT2D eigenvalue weighted by Crippen LogP contribution is 2.27. The van der Waals surface area contributed by atoms with E-state index in [9.17, 15) is 0 Å². The lowest BCUT2D eigenvalue weighted by atomic mass is 10.2. The molecule has 0 spiro atoms. The zero-order valence-corrected chi connectivity index (χ0v) is 14.1. The van der Waals surface area contributed by atoms with Gasteiger partial charge in [-0.15, -0.1) is 10.2 Å². The molecule has 6 heteroatoms. The van der Waals surface area contributed by atoms with Crippen LogP contribution in [0.15, 0.2) is 51.4 Å². The van der Waals surface area contributed by atoms with Gasteiger partial charge in [0.2, 0.25) is 5.89 Å². The molecule has 0 unspecified atom stereocenters. The molecule has 1 heterocycles. The molecule has 0 aliphatic heterocycles. The van der Waals surface area contributed by atoms with Crippen molar-refractivity contribution in [3.8, 4) is 17.2 Å². The highest BCUT2D eigenvalue weighted by Gasteiger charge is 2.12. The Kier molecular flexibility index (Phi) is 4.45. The van der Waals surface area contributed by atoms with E-state index in [0.29, 0.717) is 16.8 Å². The first-order chi connectivity index (χ1) is 10.6. The second-order valence-corrected chi connectivity index (χ2v) is 5.97. The summed E-state index contributed by atoms with van der Waals surface area (Å²) < 4.78 is 12.2. The summed E-state index contributed by atoms with van der Waals surface area (Å²) >= 11 is 9.38. The highest BCUT2D eigenvalue weighted by atomic mass is 79.9. The first-order valence-electron chi connectivity index (χ1n) is 6.60. The van der Waals surface area contributed by atoms with Crippen molar-refractivity contribution in [3.05, 3.63) is 63.4 Å². The second kappa shape index (κ2) is 6.50. The molecule has 0 saturated carbocycles. The van der Waals surface area contributed by atoms with Crippen LogP contribution in [0.5, 0.6) is 5.75 Å². The summed E-state index contributed by atoms with van der Waals surface area (Å²) in [5.74, 6) is 1.61. The van der Waals surface area contributed by atoms with Gasteiger partial charge in [-0.25, -0.2) is 0 Å². The average molecular weight is 380 g/mol. The molecule has 0 radical (unpaired) electrons. The van der Waals surface area contributed by atoms with Crippen LogP contribution in [0.2, 0.25) is 5.02 Å². The van der Waals surface area contributed by atoms with Crippen LogP contribution in [0.25, 0.3) is 11.5 Å². The molecule has 0 fully saturated rings. The maximum absolute atomic E-state index is 5.92. The van der Waals surface area contributed by atoms with E-state index < -0.39 is 0 Å². The van der Waals surface area contributed by atoms with E-state index in [1.807, 2.05) is 43.3 Å². The number of rotatable bonds is 4. The lowest BCUT2D eigenvalue weighted by Gasteiger charge is -2.06. The monoisotopic (exact) mass is 378 g/mol. The Morgan fingerprint density at radius 3 is 2.77 bits per heavy atom. The van der Waals surface area contributed by atoms with Crippen molar-refractivity contribution in [2.75, 3.05) is 0 Å². The molecule has 0 aliphatic carbocycles. The molecule has 3 aromatic rings. The second-order valence-electron chi connectivity index (χ2n) is 4.68. The Labute approximate surface area is 141 Å². The van der Waals surface area contributed by atoms with Crippen LogP contribution in [-0.2, 0) is 6.61 Å². The van der Waals surface area contributed by atoms with Crippen molar-refractivity contribution in [1.29, 1.82) is 0 Å². The number of halogens is 2. The first-order valence-corrected chi connectivity index (χ1v) is 7.77. The molecule has 112 valence electrons. The van der Waals surface area contributed by atoms with Crippen molar-refractivity contribution in [3.63, 3.8) is 0 Å². The third-order valence-electron chi connectivity index (χ3n) is 3.06. The normalized spacial score (nSPS) is 10.7. The predicted molar refractivity (Wildman–Crippen MR) is 88.0 cm³/mol. The van der Waals surface area contributed by atoms with Gasteiger partial charge in [0.05, 0.1) is 5.56 Å². The van der Waals surface area contributed by atoms with E-state index in [4.69, 9.17) is 20.8 Å².